The zero-order chi connectivity index (χ0) is 20.8. The monoisotopic (exact) mass is 460 g/mol. The van der Waals surface area contributed by atoms with Crippen molar-refractivity contribution in [2.75, 3.05) is 0 Å². The largest absolute Gasteiger partial charge is 0.352 e. The van der Waals surface area contributed by atoms with Gasteiger partial charge >= 0.3 is 0 Å². The highest BCUT2D eigenvalue weighted by molar-refractivity contribution is 9.10. The molecule has 3 rings (SSSR count). The van der Waals surface area contributed by atoms with Crippen molar-refractivity contribution in [3.8, 4) is 0 Å². The minimum absolute atomic E-state index is 0.0816. The van der Waals surface area contributed by atoms with Crippen LogP contribution in [0.3, 0.4) is 0 Å². The van der Waals surface area contributed by atoms with E-state index in [-0.39, 0.29) is 30.8 Å². The minimum Gasteiger partial charge on any atom is -0.352 e. The van der Waals surface area contributed by atoms with Crippen molar-refractivity contribution >= 4 is 27.7 Å². The van der Waals surface area contributed by atoms with Crippen molar-refractivity contribution in [1.82, 2.24) is 10.2 Å². The Balaban J connectivity index is 1.78. The maximum atomic E-state index is 14.1. The fourth-order valence-electron chi connectivity index (χ4n) is 3.71. The quantitative estimate of drug-likeness (QED) is 0.655. The summed E-state index contributed by atoms with van der Waals surface area (Å²) < 4.78 is 15.0. The number of carbonyl (C=O) groups is 2. The first-order valence-corrected chi connectivity index (χ1v) is 10.8. The molecule has 0 saturated heterocycles. The van der Waals surface area contributed by atoms with E-state index in [2.05, 4.69) is 21.2 Å². The van der Waals surface area contributed by atoms with Crippen molar-refractivity contribution in [3.05, 3.63) is 69.9 Å². The molecule has 0 radical (unpaired) electrons. The summed E-state index contributed by atoms with van der Waals surface area (Å²) in [7, 11) is 0. The van der Waals surface area contributed by atoms with Crippen molar-refractivity contribution < 1.29 is 14.0 Å². The summed E-state index contributed by atoms with van der Waals surface area (Å²) in [5.74, 6) is -0.843. The van der Waals surface area contributed by atoms with Crippen LogP contribution in [0.4, 0.5) is 4.39 Å². The number of halogens is 2. The molecule has 1 aliphatic carbocycles. The van der Waals surface area contributed by atoms with Crippen molar-refractivity contribution in [3.63, 3.8) is 0 Å². The number of nitrogens with zero attached hydrogens (tertiary/aromatic N) is 1. The van der Waals surface area contributed by atoms with E-state index < -0.39 is 11.9 Å². The lowest BCUT2D eigenvalue weighted by Crippen LogP contribution is -2.50. The van der Waals surface area contributed by atoms with E-state index >= 15 is 0 Å². The lowest BCUT2D eigenvalue weighted by Gasteiger charge is -2.30. The van der Waals surface area contributed by atoms with Gasteiger partial charge in [0.05, 0.1) is 6.42 Å². The van der Waals surface area contributed by atoms with E-state index in [1.54, 1.807) is 30.0 Å². The maximum absolute atomic E-state index is 14.1. The molecule has 0 aromatic heterocycles. The van der Waals surface area contributed by atoms with Crippen LogP contribution in [0.15, 0.2) is 53.0 Å². The average molecular weight is 461 g/mol. The lowest BCUT2D eigenvalue weighted by molar-refractivity contribution is -0.140. The highest BCUT2D eigenvalue weighted by atomic mass is 79.9. The third-order valence-electron chi connectivity index (χ3n) is 5.41. The van der Waals surface area contributed by atoms with Gasteiger partial charge in [-0.3, -0.25) is 9.59 Å². The zero-order valence-electron chi connectivity index (χ0n) is 16.5. The summed E-state index contributed by atoms with van der Waals surface area (Å²) >= 11 is 3.44. The van der Waals surface area contributed by atoms with E-state index in [9.17, 15) is 14.0 Å². The molecule has 0 spiro atoms. The first-order valence-electron chi connectivity index (χ1n) is 10.0. The third kappa shape index (κ3) is 5.89. The Morgan fingerprint density at radius 3 is 2.59 bits per heavy atom. The van der Waals surface area contributed by atoms with Crippen LogP contribution in [0.2, 0.25) is 0 Å². The molecule has 0 heterocycles. The second-order valence-electron chi connectivity index (χ2n) is 7.59. The first-order chi connectivity index (χ1) is 13.9. The molecule has 0 aliphatic heterocycles. The van der Waals surface area contributed by atoms with Crippen LogP contribution in [0, 0.1) is 5.82 Å². The summed E-state index contributed by atoms with van der Waals surface area (Å²) in [6.45, 7) is 2.02. The molecule has 4 nitrogen and oxygen atoms in total. The molecule has 2 amide bonds. The number of rotatable bonds is 7. The van der Waals surface area contributed by atoms with Gasteiger partial charge in [0.1, 0.15) is 11.9 Å². The van der Waals surface area contributed by atoms with Gasteiger partial charge < -0.3 is 10.2 Å². The summed E-state index contributed by atoms with van der Waals surface area (Å²) in [4.78, 5) is 27.5. The Labute approximate surface area is 179 Å². The average Bonchev–Trinajstić information content (AvgIpc) is 3.20. The predicted molar refractivity (Wildman–Crippen MR) is 115 cm³/mol. The molecule has 1 aliphatic rings. The molecule has 2 aromatic rings. The van der Waals surface area contributed by atoms with Gasteiger partial charge in [0.25, 0.3) is 0 Å². The van der Waals surface area contributed by atoms with Crippen molar-refractivity contribution in [1.29, 1.82) is 0 Å². The molecular weight excluding hydrogens is 435 g/mol. The maximum Gasteiger partial charge on any atom is 0.242 e. The van der Waals surface area contributed by atoms with E-state index in [0.29, 0.717) is 5.56 Å². The summed E-state index contributed by atoms with van der Waals surface area (Å²) in [5, 5.41) is 3.07. The van der Waals surface area contributed by atoms with Crippen LogP contribution in [-0.2, 0) is 22.6 Å². The zero-order valence-corrected chi connectivity index (χ0v) is 18.1. The molecule has 154 valence electrons. The normalized spacial score (nSPS) is 15.1. The summed E-state index contributed by atoms with van der Waals surface area (Å²) in [6, 6.07) is 13.4. The summed E-state index contributed by atoms with van der Waals surface area (Å²) in [5.41, 5.74) is 1.24. The van der Waals surface area contributed by atoms with Gasteiger partial charge in [-0.05, 0) is 49.1 Å². The van der Waals surface area contributed by atoms with Crippen LogP contribution in [-0.4, -0.2) is 28.8 Å². The number of amides is 2. The Bertz CT molecular complexity index is 867. The number of hydrogen-bond donors (Lipinski definition) is 1. The van der Waals surface area contributed by atoms with Gasteiger partial charge in [-0.25, -0.2) is 4.39 Å². The van der Waals surface area contributed by atoms with Gasteiger partial charge in [-0.15, -0.1) is 0 Å². The lowest BCUT2D eigenvalue weighted by atomic mass is 10.1. The van der Waals surface area contributed by atoms with Crippen LogP contribution >= 0.6 is 15.9 Å². The molecule has 2 aromatic carbocycles. The fourth-order valence-corrected chi connectivity index (χ4v) is 4.16. The van der Waals surface area contributed by atoms with Crippen LogP contribution < -0.4 is 5.32 Å². The number of hydrogen-bond acceptors (Lipinski definition) is 2. The van der Waals surface area contributed by atoms with E-state index in [1.165, 1.54) is 6.07 Å². The molecule has 6 heteroatoms. The number of carbonyl (C=O) groups excluding carboxylic acids is 2. The van der Waals surface area contributed by atoms with E-state index in [4.69, 9.17) is 0 Å². The van der Waals surface area contributed by atoms with Gasteiger partial charge in [0.15, 0.2) is 0 Å². The van der Waals surface area contributed by atoms with Gasteiger partial charge in [-0.2, -0.15) is 0 Å². The van der Waals surface area contributed by atoms with E-state index in [1.807, 2.05) is 24.3 Å². The molecule has 1 saturated carbocycles. The molecule has 1 fully saturated rings. The predicted octanol–water partition coefficient (Wildman–Crippen LogP) is 4.61. The number of benzene rings is 2. The topological polar surface area (TPSA) is 49.4 Å². The van der Waals surface area contributed by atoms with Crippen LogP contribution in [0.5, 0.6) is 0 Å². The first kappa shape index (κ1) is 21.5. The SMILES string of the molecule is CC(C(=O)NC1CCCC1)N(Cc1cccc(Br)c1)C(=O)Cc1ccccc1F. The number of nitrogens with one attached hydrogen (secondary N) is 1. The second-order valence-corrected chi connectivity index (χ2v) is 8.50. The summed E-state index contributed by atoms with van der Waals surface area (Å²) in [6.07, 6.45) is 4.11. The Hall–Kier alpha value is -2.21. The van der Waals surface area contributed by atoms with Crippen molar-refractivity contribution in [2.24, 2.45) is 0 Å². The molecule has 1 N–H and O–H groups in total. The minimum atomic E-state index is -0.645. The van der Waals surface area contributed by atoms with E-state index in [0.717, 1.165) is 35.7 Å². The van der Waals surface area contributed by atoms with Gasteiger partial charge in [-0.1, -0.05) is 59.1 Å². The highest BCUT2D eigenvalue weighted by Gasteiger charge is 2.28. The van der Waals surface area contributed by atoms with Crippen LogP contribution in [0.25, 0.3) is 0 Å². The molecule has 0 bridgehead atoms. The second kappa shape index (κ2) is 10.0. The van der Waals surface area contributed by atoms with Crippen LogP contribution in [0.1, 0.15) is 43.7 Å². The Morgan fingerprint density at radius 1 is 1.17 bits per heavy atom. The standard InChI is InChI=1S/C23H26BrFN2O2/c1-16(23(29)26-20-10-3-4-11-20)27(15-17-7-6-9-19(24)13-17)22(28)14-18-8-2-5-12-21(18)25/h2,5-9,12-13,16,20H,3-4,10-11,14-15H2,1H3,(H,26,29). The van der Waals surface area contributed by atoms with Gasteiger partial charge in [0.2, 0.25) is 11.8 Å². The van der Waals surface area contributed by atoms with Crippen molar-refractivity contribution in [2.45, 2.75) is 57.7 Å². The van der Waals surface area contributed by atoms with Gasteiger partial charge in [0, 0.05) is 17.1 Å². The molecule has 1 atom stereocenters. The smallest absolute Gasteiger partial charge is 0.242 e. The Kier molecular flexibility index (Phi) is 7.42. The fraction of sp³-hybridized carbons (Fsp3) is 0.391. The Morgan fingerprint density at radius 2 is 1.90 bits per heavy atom. The highest BCUT2D eigenvalue weighted by Crippen LogP contribution is 2.20. The molecule has 29 heavy (non-hydrogen) atoms. The third-order valence-corrected chi connectivity index (χ3v) is 5.90. The molecule has 1 unspecified atom stereocenters. The molecular formula is C23H26BrFN2O2.